The van der Waals surface area contributed by atoms with Crippen molar-refractivity contribution >= 4 is 22.8 Å². The highest BCUT2D eigenvalue weighted by Crippen LogP contribution is 2.36. The molecule has 0 saturated heterocycles. The van der Waals surface area contributed by atoms with Crippen LogP contribution in [0.25, 0.3) is 0 Å². The average Bonchev–Trinajstić information content (AvgIpc) is 2.54. The zero-order chi connectivity index (χ0) is 13.2. The number of hydrogen-bond acceptors (Lipinski definition) is 3. The lowest BCUT2D eigenvalue weighted by molar-refractivity contribution is -0.119. The molecule has 0 unspecified atom stereocenters. The number of carbonyl (C=O) groups is 1. The van der Waals surface area contributed by atoms with E-state index in [0.717, 1.165) is 11.3 Å². The number of aliphatic imine (C=N–C) groups is 1. The van der Waals surface area contributed by atoms with Crippen molar-refractivity contribution in [2.24, 2.45) is 4.99 Å². The molecule has 3 nitrogen and oxygen atoms in total. The maximum Gasteiger partial charge on any atom is 0.264 e. The summed E-state index contributed by atoms with van der Waals surface area (Å²) in [5.74, 6) is -0.0832. The number of nitrogens with zero attached hydrogens (tertiary/aromatic N) is 1. The van der Waals surface area contributed by atoms with Crippen LogP contribution in [-0.2, 0) is 11.2 Å². The smallest absolute Gasteiger partial charge is 0.264 e. The van der Waals surface area contributed by atoms with Crippen LogP contribution in [0.3, 0.4) is 0 Å². The first-order chi connectivity index (χ1) is 8.49. The van der Waals surface area contributed by atoms with Gasteiger partial charge in [-0.15, -0.1) is 0 Å². The molecule has 0 aromatic heterocycles. The first-order valence-corrected chi connectivity index (χ1v) is 6.60. The lowest BCUT2D eigenvalue weighted by Crippen LogP contribution is -2.30. The van der Waals surface area contributed by atoms with E-state index in [2.05, 4.69) is 16.9 Å². The third-order valence-electron chi connectivity index (χ3n) is 2.68. The van der Waals surface area contributed by atoms with E-state index >= 15 is 0 Å². The van der Waals surface area contributed by atoms with Crippen LogP contribution in [0.15, 0.2) is 47.6 Å². The van der Waals surface area contributed by atoms with E-state index in [-0.39, 0.29) is 5.91 Å². The molecule has 1 amide bonds. The normalized spacial score (nSPS) is 22.8. The molecule has 1 atom stereocenters. The lowest BCUT2D eigenvalue weighted by Gasteiger charge is -2.19. The minimum Gasteiger partial charge on any atom is -0.339 e. The standard InChI is InChI=1S/C14H16N2OS/c1-10(2)15-13-16-12(17)14(3,18-13)9-11-7-5-4-6-8-11/h4-8H,1,9H2,2-3H3,(H,15,16,17)/t14-/m1/s1. The monoisotopic (exact) mass is 260 g/mol. The highest BCUT2D eigenvalue weighted by molar-refractivity contribution is 8.16. The van der Waals surface area contributed by atoms with Crippen LogP contribution in [0.1, 0.15) is 19.4 Å². The summed E-state index contributed by atoms with van der Waals surface area (Å²) in [5.41, 5.74) is 1.94. The van der Waals surface area contributed by atoms with E-state index in [0.29, 0.717) is 11.6 Å². The van der Waals surface area contributed by atoms with Gasteiger partial charge in [-0.3, -0.25) is 4.79 Å². The molecule has 0 aliphatic carbocycles. The molecule has 1 aromatic rings. The zero-order valence-corrected chi connectivity index (χ0v) is 11.4. The molecule has 1 aliphatic rings. The van der Waals surface area contributed by atoms with Crippen LogP contribution in [0.4, 0.5) is 0 Å². The predicted molar refractivity (Wildman–Crippen MR) is 76.5 cm³/mol. The van der Waals surface area contributed by atoms with Crippen LogP contribution >= 0.6 is 11.8 Å². The number of amides is 1. The Hall–Kier alpha value is -1.55. The quantitative estimate of drug-likeness (QED) is 0.908. The van der Waals surface area contributed by atoms with Crippen molar-refractivity contribution in [3.05, 3.63) is 48.2 Å². The van der Waals surface area contributed by atoms with Crippen LogP contribution in [-0.4, -0.2) is 15.8 Å². The fourth-order valence-corrected chi connectivity index (χ4v) is 2.98. The van der Waals surface area contributed by atoms with E-state index in [4.69, 9.17) is 0 Å². The van der Waals surface area contributed by atoms with E-state index < -0.39 is 4.75 Å². The van der Waals surface area contributed by atoms with Crippen molar-refractivity contribution in [2.75, 3.05) is 0 Å². The molecule has 0 bridgehead atoms. The van der Waals surface area contributed by atoms with Gasteiger partial charge in [-0.1, -0.05) is 48.7 Å². The second-order valence-corrected chi connectivity index (χ2v) is 6.11. The van der Waals surface area contributed by atoms with Crippen molar-refractivity contribution in [2.45, 2.75) is 25.0 Å². The minimum absolute atomic E-state index is 0.0832. The molecule has 0 radical (unpaired) electrons. The number of thioether (sulfide) groups is 1. The summed E-state index contributed by atoms with van der Waals surface area (Å²) in [4.78, 5) is 16.1. The summed E-state index contributed by atoms with van der Waals surface area (Å²) in [5, 5.41) is 3.66. The topological polar surface area (TPSA) is 41.5 Å². The number of nitrogens with one attached hydrogen (secondary N) is 1. The molecule has 18 heavy (non-hydrogen) atoms. The predicted octanol–water partition coefficient (Wildman–Crippen LogP) is 2.74. The molecule has 0 spiro atoms. The van der Waals surface area contributed by atoms with Crippen molar-refractivity contribution < 1.29 is 4.79 Å². The van der Waals surface area contributed by atoms with Gasteiger partial charge >= 0.3 is 0 Å². The average molecular weight is 260 g/mol. The highest BCUT2D eigenvalue weighted by atomic mass is 32.2. The third-order valence-corrected chi connectivity index (χ3v) is 3.84. The van der Waals surface area contributed by atoms with Crippen LogP contribution in [0.2, 0.25) is 0 Å². The summed E-state index contributed by atoms with van der Waals surface area (Å²) >= 11 is 1.47. The van der Waals surface area contributed by atoms with Crippen LogP contribution in [0, 0.1) is 0 Å². The third kappa shape index (κ3) is 2.82. The first-order valence-electron chi connectivity index (χ1n) is 5.78. The number of carbonyl (C=O) groups excluding carboxylic acids is 1. The summed E-state index contributed by atoms with van der Waals surface area (Å²) in [6, 6.07) is 10.00. The number of hydrogen-bond donors (Lipinski definition) is 1. The van der Waals surface area contributed by atoms with E-state index in [1.165, 1.54) is 11.8 Å². The lowest BCUT2D eigenvalue weighted by atomic mass is 10.00. The van der Waals surface area contributed by atoms with Crippen molar-refractivity contribution in [3.8, 4) is 0 Å². The van der Waals surface area contributed by atoms with Gasteiger partial charge in [-0.2, -0.15) is 4.99 Å². The van der Waals surface area contributed by atoms with Gasteiger partial charge in [0.15, 0.2) is 5.17 Å². The molecule has 0 saturated carbocycles. The molecular formula is C14H16N2OS. The second-order valence-electron chi connectivity index (χ2n) is 4.62. The van der Waals surface area contributed by atoms with Crippen molar-refractivity contribution in [1.82, 2.24) is 5.32 Å². The van der Waals surface area contributed by atoms with E-state index in [1.807, 2.05) is 44.2 Å². The number of allylic oxidation sites excluding steroid dienone is 1. The van der Waals surface area contributed by atoms with Gasteiger partial charge in [0.25, 0.3) is 5.91 Å². The fourth-order valence-electron chi connectivity index (χ4n) is 1.82. The minimum atomic E-state index is -0.515. The molecule has 1 N–H and O–H groups in total. The zero-order valence-electron chi connectivity index (χ0n) is 10.6. The van der Waals surface area contributed by atoms with Gasteiger partial charge in [-0.25, -0.2) is 0 Å². The summed E-state index contributed by atoms with van der Waals surface area (Å²) in [7, 11) is 0. The molecule has 0 fully saturated rings. The Morgan fingerprint density at radius 3 is 2.72 bits per heavy atom. The Bertz CT molecular complexity index is 510. The Balaban J connectivity index is 2.10. The van der Waals surface area contributed by atoms with Crippen molar-refractivity contribution in [3.63, 3.8) is 0 Å². The molecule has 1 aromatic carbocycles. The molecule has 1 aliphatic heterocycles. The highest BCUT2D eigenvalue weighted by Gasteiger charge is 2.41. The number of rotatable bonds is 3. The Morgan fingerprint density at radius 2 is 2.11 bits per heavy atom. The van der Waals surface area contributed by atoms with Crippen LogP contribution in [0.5, 0.6) is 0 Å². The van der Waals surface area contributed by atoms with E-state index in [9.17, 15) is 4.79 Å². The molecule has 94 valence electrons. The molecule has 1 heterocycles. The summed E-state index contributed by atoms with van der Waals surface area (Å²) in [6.07, 6.45) is 0.683. The van der Waals surface area contributed by atoms with Crippen LogP contribution < -0.4 is 5.32 Å². The van der Waals surface area contributed by atoms with Crippen molar-refractivity contribution in [1.29, 1.82) is 0 Å². The second kappa shape index (κ2) is 4.98. The molecular weight excluding hydrogens is 244 g/mol. The van der Waals surface area contributed by atoms with Gasteiger partial charge in [0, 0.05) is 5.70 Å². The van der Waals surface area contributed by atoms with Gasteiger partial charge in [0.2, 0.25) is 0 Å². The molecule has 2 rings (SSSR count). The van der Waals surface area contributed by atoms with Gasteiger partial charge < -0.3 is 5.32 Å². The summed E-state index contributed by atoms with van der Waals surface area (Å²) < 4.78 is -0.515. The Morgan fingerprint density at radius 1 is 1.44 bits per heavy atom. The molecule has 4 heteroatoms. The fraction of sp³-hybridized carbons (Fsp3) is 0.286. The number of benzene rings is 1. The van der Waals surface area contributed by atoms with Gasteiger partial charge in [-0.05, 0) is 25.8 Å². The summed E-state index contributed by atoms with van der Waals surface area (Å²) in [6.45, 7) is 7.54. The largest absolute Gasteiger partial charge is 0.339 e. The maximum absolute atomic E-state index is 12.0. The Labute approximate surface area is 111 Å². The van der Waals surface area contributed by atoms with Gasteiger partial charge in [0.1, 0.15) is 4.75 Å². The number of amidine groups is 1. The SMILES string of the molecule is C=C(C)NC1=NC(=O)[C@@](C)(Cc2ccccc2)S1. The van der Waals surface area contributed by atoms with Gasteiger partial charge in [0.05, 0.1) is 0 Å². The Kier molecular flexibility index (Phi) is 3.57. The maximum atomic E-state index is 12.0. The van der Waals surface area contributed by atoms with E-state index in [1.54, 1.807) is 0 Å². The first kappa shape index (κ1) is 12.9.